The topological polar surface area (TPSA) is 29.9 Å². The van der Waals surface area contributed by atoms with Crippen molar-refractivity contribution >= 4 is 5.69 Å². The van der Waals surface area contributed by atoms with Gasteiger partial charge in [-0.25, -0.2) is 4.98 Å². The van der Waals surface area contributed by atoms with Crippen molar-refractivity contribution in [1.82, 2.24) is 9.55 Å². The largest absolute Gasteiger partial charge is 0.384 e. The molecule has 3 rings (SSSR count). The van der Waals surface area contributed by atoms with Crippen molar-refractivity contribution in [3.63, 3.8) is 0 Å². The van der Waals surface area contributed by atoms with Gasteiger partial charge in [0.2, 0.25) is 0 Å². The highest BCUT2D eigenvalue weighted by Gasteiger charge is 2.16. The van der Waals surface area contributed by atoms with Crippen LogP contribution in [0, 0.1) is 0 Å². The standard InChI is InChI=1S/C14H15N3/c1-2-8-17-10-15-9-13(17)12-5-3-4-11-6-7-16-14(11)12/h2-5,9-10,16H,1,6-8H2. The number of nitrogens with one attached hydrogen (secondary N) is 1. The number of nitrogens with zero attached hydrogens (tertiary/aromatic N) is 2. The maximum Gasteiger partial charge on any atom is 0.0953 e. The molecule has 0 radical (unpaired) electrons. The molecular formula is C14H15N3. The molecule has 86 valence electrons. The van der Waals surface area contributed by atoms with E-state index in [1.54, 1.807) is 0 Å². The average Bonchev–Trinajstić information content (AvgIpc) is 2.96. The van der Waals surface area contributed by atoms with Crippen LogP contribution in [0.2, 0.25) is 0 Å². The molecule has 3 heteroatoms. The number of allylic oxidation sites excluding steroid dienone is 1. The molecule has 0 aliphatic carbocycles. The van der Waals surface area contributed by atoms with Gasteiger partial charge in [-0.1, -0.05) is 24.3 Å². The first-order valence-electron chi connectivity index (χ1n) is 5.87. The Morgan fingerprint density at radius 2 is 2.41 bits per heavy atom. The van der Waals surface area contributed by atoms with Crippen LogP contribution in [0.5, 0.6) is 0 Å². The van der Waals surface area contributed by atoms with Gasteiger partial charge in [-0.15, -0.1) is 6.58 Å². The fraction of sp³-hybridized carbons (Fsp3) is 0.214. The monoisotopic (exact) mass is 225 g/mol. The van der Waals surface area contributed by atoms with Crippen molar-refractivity contribution in [2.24, 2.45) is 0 Å². The summed E-state index contributed by atoms with van der Waals surface area (Å²) in [7, 11) is 0. The van der Waals surface area contributed by atoms with E-state index in [-0.39, 0.29) is 0 Å². The Labute approximate surface area is 101 Å². The molecule has 2 aromatic rings. The number of benzene rings is 1. The molecule has 17 heavy (non-hydrogen) atoms. The quantitative estimate of drug-likeness (QED) is 0.814. The molecule has 1 aromatic heterocycles. The van der Waals surface area contributed by atoms with Crippen LogP contribution in [-0.2, 0) is 13.0 Å². The molecule has 2 heterocycles. The number of hydrogen-bond acceptors (Lipinski definition) is 2. The molecule has 1 aliphatic heterocycles. The summed E-state index contributed by atoms with van der Waals surface area (Å²) >= 11 is 0. The summed E-state index contributed by atoms with van der Waals surface area (Å²) in [6, 6.07) is 6.45. The second-order valence-corrected chi connectivity index (χ2v) is 4.24. The van der Waals surface area contributed by atoms with Gasteiger partial charge in [-0.3, -0.25) is 0 Å². The van der Waals surface area contributed by atoms with E-state index in [1.165, 1.54) is 16.8 Å². The smallest absolute Gasteiger partial charge is 0.0953 e. The first kappa shape index (κ1) is 10.1. The lowest BCUT2D eigenvalue weighted by Crippen LogP contribution is -1.98. The van der Waals surface area contributed by atoms with E-state index >= 15 is 0 Å². The molecule has 1 aliphatic rings. The van der Waals surface area contributed by atoms with Gasteiger partial charge in [0.05, 0.1) is 18.2 Å². The van der Waals surface area contributed by atoms with Crippen LogP contribution in [0.1, 0.15) is 5.56 Å². The van der Waals surface area contributed by atoms with Gasteiger partial charge >= 0.3 is 0 Å². The van der Waals surface area contributed by atoms with Crippen LogP contribution in [0.3, 0.4) is 0 Å². The fourth-order valence-corrected chi connectivity index (χ4v) is 2.38. The number of para-hydroxylation sites is 1. The molecule has 1 aromatic carbocycles. The SMILES string of the molecule is C=CCn1cncc1-c1cccc2c1NCC2. The number of hydrogen-bond donors (Lipinski definition) is 1. The van der Waals surface area contributed by atoms with E-state index in [1.807, 2.05) is 18.6 Å². The molecule has 0 saturated carbocycles. The molecule has 0 atom stereocenters. The van der Waals surface area contributed by atoms with E-state index in [0.717, 1.165) is 25.2 Å². The summed E-state index contributed by atoms with van der Waals surface area (Å²) in [6.45, 7) is 5.60. The van der Waals surface area contributed by atoms with Gasteiger partial charge < -0.3 is 9.88 Å². The minimum absolute atomic E-state index is 0.791. The van der Waals surface area contributed by atoms with Crippen molar-refractivity contribution in [1.29, 1.82) is 0 Å². The summed E-state index contributed by atoms with van der Waals surface area (Å²) in [5.74, 6) is 0. The maximum absolute atomic E-state index is 4.23. The summed E-state index contributed by atoms with van der Waals surface area (Å²) in [6.07, 6.45) is 6.77. The van der Waals surface area contributed by atoms with Crippen molar-refractivity contribution in [3.8, 4) is 11.3 Å². The summed E-state index contributed by atoms with van der Waals surface area (Å²) < 4.78 is 2.11. The van der Waals surface area contributed by atoms with Crippen molar-refractivity contribution < 1.29 is 0 Å². The maximum atomic E-state index is 4.23. The zero-order valence-corrected chi connectivity index (χ0v) is 9.69. The minimum Gasteiger partial charge on any atom is -0.384 e. The third kappa shape index (κ3) is 1.64. The Kier molecular flexibility index (Phi) is 2.44. The molecule has 0 unspecified atom stereocenters. The summed E-state index contributed by atoms with van der Waals surface area (Å²) in [5, 5.41) is 3.46. The predicted octanol–water partition coefficient (Wildman–Crippen LogP) is 2.70. The molecule has 0 fully saturated rings. The summed E-state index contributed by atoms with van der Waals surface area (Å²) in [4.78, 5) is 4.23. The number of fused-ring (bicyclic) bond motifs is 1. The van der Waals surface area contributed by atoms with Gasteiger partial charge in [0.25, 0.3) is 0 Å². The van der Waals surface area contributed by atoms with Crippen LogP contribution in [-0.4, -0.2) is 16.1 Å². The lowest BCUT2D eigenvalue weighted by molar-refractivity contribution is 0.830. The Morgan fingerprint density at radius 1 is 1.47 bits per heavy atom. The predicted molar refractivity (Wildman–Crippen MR) is 70.1 cm³/mol. The Hall–Kier alpha value is -2.03. The van der Waals surface area contributed by atoms with Crippen LogP contribution in [0.25, 0.3) is 11.3 Å². The number of anilines is 1. The highest BCUT2D eigenvalue weighted by molar-refractivity contribution is 5.79. The van der Waals surface area contributed by atoms with Gasteiger partial charge in [0.15, 0.2) is 0 Å². The van der Waals surface area contributed by atoms with Gasteiger partial charge in [-0.2, -0.15) is 0 Å². The van der Waals surface area contributed by atoms with E-state index in [4.69, 9.17) is 0 Å². The molecule has 0 saturated heterocycles. The minimum atomic E-state index is 0.791. The van der Waals surface area contributed by atoms with Crippen molar-refractivity contribution in [2.75, 3.05) is 11.9 Å². The third-order valence-electron chi connectivity index (χ3n) is 3.16. The Balaban J connectivity index is 2.12. The third-order valence-corrected chi connectivity index (χ3v) is 3.16. The fourth-order valence-electron chi connectivity index (χ4n) is 2.38. The first-order chi connectivity index (χ1) is 8.40. The van der Waals surface area contributed by atoms with E-state index in [9.17, 15) is 0 Å². The van der Waals surface area contributed by atoms with Crippen LogP contribution < -0.4 is 5.32 Å². The van der Waals surface area contributed by atoms with E-state index in [2.05, 4.69) is 39.6 Å². The van der Waals surface area contributed by atoms with Crippen molar-refractivity contribution in [2.45, 2.75) is 13.0 Å². The normalized spacial score (nSPS) is 13.2. The molecular weight excluding hydrogens is 210 g/mol. The Bertz CT molecular complexity index is 554. The van der Waals surface area contributed by atoms with Crippen molar-refractivity contribution in [3.05, 3.63) is 48.9 Å². The second kappa shape index (κ2) is 4.09. The lowest BCUT2D eigenvalue weighted by Gasteiger charge is -2.10. The summed E-state index contributed by atoms with van der Waals surface area (Å²) in [5.41, 5.74) is 5.04. The van der Waals surface area contributed by atoms with Crippen LogP contribution >= 0.6 is 0 Å². The van der Waals surface area contributed by atoms with Gasteiger partial charge in [0.1, 0.15) is 0 Å². The number of aromatic nitrogens is 2. The van der Waals surface area contributed by atoms with E-state index < -0.39 is 0 Å². The van der Waals surface area contributed by atoms with Gasteiger partial charge in [0, 0.05) is 24.3 Å². The van der Waals surface area contributed by atoms with E-state index in [0.29, 0.717) is 0 Å². The molecule has 0 amide bonds. The highest BCUT2D eigenvalue weighted by Crippen LogP contribution is 2.33. The zero-order valence-electron chi connectivity index (χ0n) is 9.69. The Morgan fingerprint density at radius 3 is 3.29 bits per heavy atom. The highest BCUT2D eigenvalue weighted by atomic mass is 15.0. The lowest BCUT2D eigenvalue weighted by atomic mass is 10.1. The molecule has 1 N–H and O–H groups in total. The molecule has 0 spiro atoms. The number of imidazole rings is 1. The zero-order chi connectivity index (χ0) is 11.7. The molecule has 0 bridgehead atoms. The molecule has 3 nitrogen and oxygen atoms in total. The first-order valence-corrected chi connectivity index (χ1v) is 5.87. The van der Waals surface area contributed by atoms with Gasteiger partial charge in [-0.05, 0) is 12.0 Å². The average molecular weight is 225 g/mol. The second-order valence-electron chi connectivity index (χ2n) is 4.24. The number of rotatable bonds is 3. The van der Waals surface area contributed by atoms with Crippen LogP contribution in [0.4, 0.5) is 5.69 Å². The van der Waals surface area contributed by atoms with Crippen LogP contribution in [0.15, 0.2) is 43.4 Å².